The van der Waals surface area contributed by atoms with Crippen LogP contribution in [0.5, 0.6) is 0 Å². The van der Waals surface area contributed by atoms with Crippen molar-refractivity contribution in [3.05, 3.63) is 36.0 Å². The number of anilines is 3. The molecule has 1 aliphatic rings. The van der Waals surface area contributed by atoms with Crippen LogP contribution in [0.4, 0.5) is 17.5 Å². The Kier molecular flexibility index (Phi) is 5.81. The zero-order chi connectivity index (χ0) is 17.8. The SMILES string of the molecule is CSc1ccccc1Nc1cc(C2CC2)nc(N[C@@H](CO)C(C)C)n1. The number of hydrogen-bond acceptors (Lipinski definition) is 6. The number of aromatic nitrogens is 2. The molecule has 6 heteroatoms. The first-order valence-corrected chi connectivity index (χ1v) is 9.99. The molecule has 0 saturated heterocycles. The molecule has 1 aromatic heterocycles. The fraction of sp³-hybridized carbons (Fsp3) is 0.474. The summed E-state index contributed by atoms with van der Waals surface area (Å²) in [5.74, 6) is 2.21. The molecule has 1 atom stereocenters. The molecule has 5 nitrogen and oxygen atoms in total. The zero-order valence-electron chi connectivity index (χ0n) is 15.0. The van der Waals surface area contributed by atoms with Gasteiger partial charge in [-0.25, -0.2) is 4.98 Å². The second-order valence-corrected chi connectivity index (χ2v) is 7.63. The molecule has 0 unspecified atom stereocenters. The highest BCUT2D eigenvalue weighted by atomic mass is 32.2. The summed E-state index contributed by atoms with van der Waals surface area (Å²) < 4.78 is 0. The highest BCUT2D eigenvalue weighted by molar-refractivity contribution is 7.98. The monoisotopic (exact) mass is 358 g/mol. The third kappa shape index (κ3) is 4.64. The van der Waals surface area contributed by atoms with Crippen molar-refractivity contribution in [1.29, 1.82) is 0 Å². The fourth-order valence-electron chi connectivity index (χ4n) is 2.66. The smallest absolute Gasteiger partial charge is 0.225 e. The quantitative estimate of drug-likeness (QED) is 0.613. The maximum atomic E-state index is 9.58. The minimum atomic E-state index is -0.0548. The molecule has 1 aromatic carbocycles. The van der Waals surface area contributed by atoms with E-state index in [4.69, 9.17) is 0 Å². The molecule has 0 radical (unpaired) electrons. The molecule has 3 N–H and O–H groups in total. The lowest BCUT2D eigenvalue weighted by Crippen LogP contribution is -2.30. The number of nitrogens with zero attached hydrogens (tertiary/aromatic N) is 2. The molecule has 25 heavy (non-hydrogen) atoms. The van der Waals surface area contributed by atoms with E-state index in [2.05, 4.69) is 52.8 Å². The largest absolute Gasteiger partial charge is 0.394 e. The molecule has 1 aliphatic carbocycles. The first-order valence-electron chi connectivity index (χ1n) is 8.77. The van der Waals surface area contributed by atoms with E-state index in [1.54, 1.807) is 11.8 Å². The highest BCUT2D eigenvalue weighted by Crippen LogP contribution is 2.40. The number of para-hydroxylation sites is 1. The first kappa shape index (κ1) is 18.0. The lowest BCUT2D eigenvalue weighted by atomic mass is 10.1. The number of thioether (sulfide) groups is 1. The van der Waals surface area contributed by atoms with Crippen LogP contribution in [0.2, 0.25) is 0 Å². The molecule has 2 aromatic rings. The molecule has 1 heterocycles. The Morgan fingerprint density at radius 2 is 2.00 bits per heavy atom. The Bertz CT molecular complexity index is 718. The summed E-state index contributed by atoms with van der Waals surface area (Å²) >= 11 is 1.71. The van der Waals surface area contributed by atoms with Crippen molar-refractivity contribution in [2.75, 3.05) is 23.5 Å². The van der Waals surface area contributed by atoms with Crippen molar-refractivity contribution in [2.24, 2.45) is 5.92 Å². The Morgan fingerprint density at radius 3 is 2.64 bits per heavy atom. The summed E-state index contributed by atoms with van der Waals surface area (Å²) in [5.41, 5.74) is 2.12. The van der Waals surface area contributed by atoms with E-state index in [1.165, 1.54) is 17.7 Å². The molecule has 1 fully saturated rings. The van der Waals surface area contributed by atoms with Gasteiger partial charge in [-0.05, 0) is 37.1 Å². The second kappa shape index (κ2) is 8.06. The predicted molar refractivity (Wildman–Crippen MR) is 105 cm³/mol. The standard InChI is InChI=1S/C19H26N4OS/c1-12(2)16(11-24)22-19-21-15(13-8-9-13)10-18(23-19)20-14-6-4-5-7-17(14)25-3/h4-7,10,12-13,16,24H,8-9,11H2,1-3H3,(H2,20,21,22,23)/t16-/m0/s1. The number of hydrogen-bond donors (Lipinski definition) is 3. The number of aliphatic hydroxyl groups is 1. The predicted octanol–water partition coefficient (Wildman–Crippen LogP) is 4.25. The van der Waals surface area contributed by atoms with Crippen LogP contribution in [-0.4, -0.2) is 34.0 Å². The van der Waals surface area contributed by atoms with Gasteiger partial charge in [0.2, 0.25) is 5.95 Å². The third-order valence-corrected chi connectivity index (χ3v) is 5.22. The normalized spacial score (nSPS) is 15.2. The summed E-state index contributed by atoms with van der Waals surface area (Å²) in [7, 11) is 0. The fourth-order valence-corrected chi connectivity index (χ4v) is 3.21. The number of benzene rings is 1. The molecule has 0 bridgehead atoms. The Hall–Kier alpha value is -1.79. The van der Waals surface area contributed by atoms with Gasteiger partial charge in [0, 0.05) is 16.9 Å². The molecule has 0 amide bonds. The summed E-state index contributed by atoms with van der Waals surface area (Å²) in [4.78, 5) is 10.5. The van der Waals surface area contributed by atoms with Crippen LogP contribution in [0, 0.1) is 5.92 Å². The van der Waals surface area contributed by atoms with Crippen molar-refractivity contribution in [1.82, 2.24) is 9.97 Å². The van der Waals surface area contributed by atoms with E-state index in [0.717, 1.165) is 17.2 Å². The molecule has 3 rings (SSSR count). The Balaban J connectivity index is 1.88. The van der Waals surface area contributed by atoms with Gasteiger partial charge in [-0.1, -0.05) is 26.0 Å². The summed E-state index contributed by atoms with van der Waals surface area (Å²) in [6, 6.07) is 10.2. The van der Waals surface area contributed by atoms with Crippen LogP contribution >= 0.6 is 11.8 Å². The van der Waals surface area contributed by atoms with Gasteiger partial charge in [0.15, 0.2) is 0 Å². The van der Waals surface area contributed by atoms with Gasteiger partial charge in [0.1, 0.15) is 5.82 Å². The van der Waals surface area contributed by atoms with E-state index in [-0.39, 0.29) is 12.6 Å². The van der Waals surface area contributed by atoms with Crippen LogP contribution < -0.4 is 10.6 Å². The van der Waals surface area contributed by atoms with Crippen molar-refractivity contribution in [3.63, 3.8) is 0 Å². The van der Waals surface area contributed by atoms with Gasteiger partial charge in [0.05, 0.1) is 24.0 Å². The topological polar surface area (TPSA) is 70.1 Å². The number of nitrogens with one attached hydrogen (secondary N) is 2. The molecular weight excluding hydrogens is 332 g/mol. The molecular formula is C19H26N4OS. The van der Waals surface area contributed by atoms with Crippen molar-refractivity contribution >= 4 is 29.2 Å². The second-order valence-electron chi connectivity index (χ2n) is 6.78. The lowest BCUT2D eigenvalue weighted by Gasteiger charge is -2.21. The van der Waals surface area contributed by atoms with Gasteiger partial charge in [0.25, 0.3) is 0 Å². The molecule has 1 saturated carbocycles. The highest BCUT2D eigenvalue weighted by Gasteiger charge is 2.26. The first-order chi connectivity index (χ1) is 12.1. The summed E-state index contributed by atoms with van der Waals surface area (Å²) in [5, 5.41) is 16.3. The van der Waals surface area contributed by atoms with E-state index in [1.807, 2.05) is 18.2 Å². The minimum absolute atomic E-state index is 0.0548. The molecule has 134 valence electrons. The third-order valence-electron chi connectivity index (χ3n) is 4.43. The van der Waals surface area contributed by atoms with E-state index < -0.39 is 0 Å². The molecule has 0 aliphatic heterocycles. The summed E-state index contributed by atoms with van der Waals surface area (Å²) in [6.07, 6.45) is 4.44. The minimum Gasteiger partial charge on any atom is -0.394 e. The molecule has 0 spiro atoms. The number of rotatable bonds is 8. The lowest BCUT2D eigenvalue weighted by molar-refractivity contribution is 0.248. The van der Waals surface area contributed by atoms with Gasteiger partial charge < -0.3 is 15.7 Å². The van der Waals surface area contributed by atoms with Crippen molar-refractivity contribution in [2.45, 2.75) is 43.5 Å². The average Bonchev–Trinajstić information content (AvgIpc) is 3.45. The maximum Gasteiger partial charge on any atom is 0.225 e. The van der Waals surface area contributed by atoms with Crippen LogP contribution in [-0.2, 0) is 0 Å². The maximum absolute atomic E-state index is 9.58. The van der Waals surface area contributed by atoms with Crippen molar-refractivity contribution < 1.29 is 5.11 Å². The van der Waals surface area contributed by atoms with Gasteiger partial charge in [-0.3, -0.25) is 0 Å². The van der Waals surface area contributed by atoms with E-state index in [9.17, 15) is 5.11 Å². The Labute approximate surface area is 153 Å². The van der Waals surface area contributed by atoms with E-state index in [0.29, 0.717) is 17.8 Å². The average molecular weight is 359 g/mol. The van der Waals surface area contributed by atoms with Gasteiger partial charge in [-0.2, -0.15) is 4.98 Å². The summed E-state index contributed by atoms with van der Waals surface area (Å²) in [6.45, 7) is 4.21. The van der Waals surface area contributed by atoms with Crippen LogP contribution in [0.3, 0.4) is 0 Å². The van der Waals surface area contributed by atoms with Gasteiger partial charge in [-0.15, -0.1) is 11.8 Å². The zero-order valence-corrected chi connectivity index (χ0v) is 15.8. The van der Waals surface area contributed by atoms with Crippen LogP contribution in [0.15, 0.2) is 35.2 Å². The van der Waals surface area contributed by atoms with Crippen LogP contribution in [0.1, 0.15) is 38.3 Å². The van der Waals surface area contributed by atoms with Gasteiger partial charge >= 0.3 is 0 Å². The van der Waals surface area contributed by atoms with E-state index >= 15 is 0 Å². The Morgan fingerprint density at radius 1 is 1.24 bits per heavy atom. The van der Waals surface area contributed by atoms with Crippen LogP contribution in [0.25, 0.3) is 0 Å². The number of aliphatic hydroxyl groups excluding tert-OH is 1. The van der Waals surface area contributed by atoms with Crippen molar-refractivity contribution in [3.8, 4) is 0 Å².